The molecule has 2 atom stereocenters. The molecule has 0 amide bonds. The van der Waals surface area contributed by atoms with E-state index in [4.69, 9.17) is 4.42 Å². The van der Waals surface area contributed by atoms with Gasteiger partial charge in [-0.05, 0) is 38.1 Å². The topological polar surface area (TPSA) is 38.1 Å². The minimum absolute atomic E-state index is 0.127. The van der Waals surface area contributed by atoms with Gasteiger partial charge in [-0.2, -0.15) is 13.2 Å². The van der Waals surface area contributed by atoms with E-state index in [1.807, 2.05) is 6.92 Å². The standard InChI is InChI=1S/C13H13F3N2O/c1-7-9(4-5-17-7)12-18-10-6-8(13(14,15)16)2-3-11(10)19-12/h2-3,6-7,9,17H,4-5H2,1H3. The summed E-state index contributed by atoms with van der Waals surface area (Å²) in [6.45, 7) is 2.89. The zero-order valence-electron chi connectivity index (χ0n) is 10.3. The van der Waals surface area contributed by atoms with E-state index in [0.29, 0.717) is 11.5 Å². The number of nitrogens with zero attached hydrogens (tertiary/aromatic N) is 1. The Balaban J connectivity index is 2.01. The highest BCUT2D eigenvalue weighted by Gasteiger charge is 2.32. The van der Waals surface area contributed by atoms with Crippen molar-refractivity contribution < 1.29 is 17.6 Å². The maximum atomic E-state index is 12.6. The lowest BCUT2D eigenvalue weighted by Crippen LogP contribution is -2.21. The van der Waals surface area contributed by atoms with E-state index in [-0.39, 0.29) is 17.5 Å². The minimum Gasteiger partial charge on any atom is -0.440 e. The van der Waals surface area contributed by atoms with Crippen LogP contribution in [0.3, 0.4) is 0 Å². The highest BCUT2D eigenvalue weighted by Crippen LogP contribution is 2.33. The van der Waals surface area contributed by atoms with Crippen molar-refractivity contribution in [3.05, 3.63) is 29.7 Å². The van der Waals surface area contributed by atoms with Gasteiger partial charge in [-0.25, -0.2) is 4.98 Å². The van der Waals surface area contributed by atoms with Crippen molar-refractivity contribution >= 4 is 11.1 Å². The molecule has 1 fully saturated rings. The summed E-state index contributed by atoms with van der Waals surface area (Å²) in [5.41, 5.74) is -0.0246. The van der Waals surface area contributed by atoms with Crippen LogP contribution in [0.1, 0.15) is 30.7 Å². The van der Waals surface area contributed by atoms with Gasteiger partial charge in [0.1, 0.15) is 5.52 Å². The molecule has 6 heteroatoms. The number of oxazole rings is 1. The van der Waals surface area contributed by atoms with E-state index in [0.717, 1.165) is 25.1 Å². The molecule has 0 radical (unpaired) electrons. The minimum atomic E-state index is -4.35. The molecular weight excluding hydrogens is 257 g/mol. The van der Waals surface area contributed by atoms with Crippen LogP contribution in [0.25, 0.3) is 11.1 Å². The number of halogens is 3. The van der Waals surface area contributed by atoms with Crippen molar-refractivity contribution in [2.75, 3.05) is 6.54 Å². The first-order valence-corrected chi connectivity index (χ1v) is 6.16. The van der Waals surface area contributed by atoms with Crippen molar-refractivity contribution in [3.63, 3.8) is 0 Å². The maximum Gasteiger partial charge on any atom is 0.416 e. The average Bonchev–Trinajstić information content (AvgIpc) is 2.91. The molecule has 1 aromatic heterocycles. The summed E-state index contributed by atoms with van der Waals surface area (Å²) < 4.78 is 43.4. The van der Waals surface area contributed by atoms with Crippen LogP contribution in [0.15, 0.2) is 22.6 Å². The number of fused-ring (bicyclic) bond motifs is 1. The number of benzene rings is 1. The Morgan fingerprint density at radius 1 is 1.37 bits per heavy atom. The lowest BCUT2D eigenvalue weighted by molar-refractivity contribution is -0.137. The number of nitrogens with one attached hydrogen (secondary N) is 1. The molecule has 0 aliphatic carbocycles. The van der Waals surface area contributed by atoms with Crippen molar-refractivity contribution in [1.82, 2.24) is 10.3 Å². The predicted octanol–water partition coefficient (Wildman–Crippen LogP) is 3.31. The van der Waals surface area contributed by atoms with Gasteiger partial charge in [0.2, 0.25) is 0 Å². The van der Waals surface area contributed by atoms with Gasteiger partial charge in [-0.15, -0.1) is 0 Å². The molecule has 2 aromatic rings. The second kappa shape index (κ2) is 4.23. The number of aromatic nitrogens is 1. The fourth-order valence-corrected chi connectivity index (χ4v) is 2.48. The van der Waals surface area contributed by atoms with Crippen LogP contribution in [0.5, 0.6) is 0 Å². The molecule has 1 aromatic carbocycles. The van der Waals surface area contributed by atoms with Crippen molar-refractivity contribution in [2.24, 2.45) is 0 Å². The van der Waals surface area contributed by atoms with Crippen molar-refractivity contribution in [3.8, 4) is 0 Å². The summed E-state index contributed by atoms with van der Waals surface area (Å²) in [4.78, 5) is 4.21. The second-order valence-electron chi connectivity index (χ2n) is 4.87. The Kier molecular flexibility index (Phi) is 2.78. The number of hydrogen-bond donors (Lipinski definition) is 1. The highest BCUT2D eigenvalue weighted by atomic mass is 19.4. The molecule has 3 rings (SSSR count). The molecule has 3 nitrogen and oxygen atoms in total. The lowest BCUT2D eigenvalue weighted by Gasteiger charge is -2.09. The van der Waals surface area contributed by atoms with Gasteiger partial charge < -0.3 is 9.73 Å². The molecule has 102 valence electrons. The summed E-state index contributed by atoms with van der Waals surface area (Å²) in [5, 5.41) is 3.27. The first-order chi connectivity index (χ1) is 8.95. The molecule has 1 saturated heterocycles. The van der Waals surface area contributed by atoms with Crippen molar-refractivity contribution in [1.29, 1.82) is 0 Å². The molecular formula is C13H13F3N2O. The average molecular weight is 270 g/mol. The largest absolute Gasteiger partial charge is 0.440 e. The maximum absolute atomic E-state index is 12.6. The Morgan fingerprint density at radius 2 is 2.16 bits per heavy atom. The van der Waals surface area contributed by atoms with Gasteiger partial charge in [0.15, 0.2) is 11.5 Å². The third-order valence-corrected chi connectivity index (χ3v) is 3.57. The number of alkyl halides is 3. The monoisotopic (exact) mass is 270 g/mol. The molecule has 0 saturated carbocycles. The Morgan fingerprint density at radius 3 is 2.79 bits per heavy atom. The molecule has 1 aliphatic rings. The summed E-state index contributed by atoms with van der Waals surface area (Å²) in [5.74, 6) is 0.647. The highest BCUT2D eigenvalue weighted by molar-refractivity contribution is 5.73. The molecule has 0 bridgehead atoms. The van der Waals surface area contributed by atoms with Gasteiger partial charge in [0.25, 0.3) is 0 Å². The number of rotatable bonds is 1. The fraction of sp³-hybridized carbons (Fsp3) is 0.462. The lowest BCUT2D eigenvalue weighted by atomic mass is 10.0. The van der Waals surface area contributed by atoms with E-state index in [1.165, 1.54) is 6.07 Å². The van der Waals surface area contributed by atoms with Gasteiger partial charge in [-0.3, -0.25) is 0 Å². The van der Waals surface area contributed by atoms with Crippen LogP contribution >= 0.6 is 0 Å². The Bertz CT molecular complexity index is 605. The summed E-state index contributed by atoms with van der Waals surface area (Å²) >= 11 is 0. The van der Waals surface area contributed by atoms with Crippen molar-refractivity contribution in [2.45, 2.75) is 31.5 Å². The normalized spacial score (nSPS) is 24.2. The second-order valence-corrected chi connectivity index (χ2v) is 4.87. The zero-order valence-corrected chi connectivity index (χ0v) is 10.3. The zero-order chi connectivity index (χ0) is 13.6. The van der Waals surface area contributed by atoms with Crippen LogP contribution in [-0.4, -0.2) is 17.6 Å². The molecule has 2 unspecified atom stereocenters. The number of hydrogen-bond acceptors (Lipinski definition) is 3. The molecule has 0 spiro atoms. The smallest absolute Gasteiger partial charge is 0.416 e. The predicted molar refractivity (Wildman–Crippen MR) is 63.8 cm³/mol. The van der Waals surface area contributed by atoms with Gasteiger partial charge >= 0.3 is 6.18 Å². The third-order valence-electron chi connectivity index (χ3n) is 3.57. The van der Waals surface area contributed by atoms with Crippen LogP contribution in [0.2, 0.25) is 0 Å². The molecule has 1 aliphatic heterocycles. The summed E-state index contributed by atoms with van der Waals surface area (Å²) in [6, 6.07) is 3.63. The molecule has 19 heavy (non-hydrogen) atoms. The summed E-state index contributed by atoms with van der Waals surface area (Å²) in [6.07, 6.45) is -3.46. The third kappa shape index (κ3) is 2.20. The first kappa shape index (κ1) is 12.5. The Labute approximate surface area is 107 Å². The van der Waals surface area contributed by atoms with E-state index >= 15 is 0 Å². The first-order valence-electron chi connectivity index (χ1n) is 6.16. The van der Waals surface area contributed by atoms with E-state index in [9.17, 15) is 13.2 Å². The Hall–Kier alpha value is -1.56. The van der Waals surface area contributed by atoms with Crippen LogP contribution < -0.4 is 5.32 Å². The van der Waals surface area contributed by atoms with E-state index in [2.05, 4.69) is 10.3 Å². The van der Waals surface area contributed by atoms with Gasteiger partial charge in [0, 0.05) is 6.04 Å². The SMILES string of the molecule is CC1NCCC1c1nc2cc(C(F)(F)F)ccc2o1. The van der Waals surface area contributed by atoms with E-state index < -0.39 is 11.7 Å². The van der Waals surface area contributed by atoms with Gasteiger partial charge in [0.05, 0.1) is 11.5 Å². The van der Waals surface area contributed by atoms with Crippen LogP contribution in [0, 0.1) is 0 Å². The fourth-order valence-electron chi connectivity index (χ4n) is 2.48. The molecule has 2 heterocycles. The van der Waals surface area contributed by atoms with Gasteiger partial charge in [-0.1, -0.05) is 0 Å². The summed E-state index contributed by atoms with van der Waals surface area (Å²) in [7, 11) is 0. The molecule has 1 N–H and O–H groups in total. The van der Waals surface area contributed by atoms with E-state index in [1.54, 1.807) is 0 Å². The van der Waals surface area contributed by atoms with Crippen LogP contribution in [0.4, 0.5) is 13.2 Å². The van der Waals surface area contributed by atoms with Crippen LogP contribution in [-0.2, 0) is 6.18 Å². The quantitative estimate of drug-likeness (QED) is 0.864.